The first-order valence-electron chi connectivity index (χ1n) is 9.58. The Balaban J connectivity index is 1.50. The number of nitrogens with zero attached hydrogens (tertiary/aromatic N) is 2. The molecule has 0 radical (unpaired) electrons. The second-order valence-electron chi connectivity index (χ2n) is 7.43. The topological polar surface area (TPSA) is 56.1 Å². The quantitative estimate of drug-likeness (QED) is 0.712. The van der Waals surface area contributed by atoms with E-state index in [0.717, 1.165) is 46.8 Å². The second kappa shape index (κ2) is 7.15. The Morgan fingerprint density at radius 2 is 1.79 bits per heavy atom. The van der Waals surface area contributed by atoms with Crippen molar-refractivity contribution in [3.05, 3.63) is 77.1 Å². The van der Waals surface area contributed by atoms with Crippen LogP contribution in [-0.4, -0.2) is 22.8 Å². The summed E-state index contributed by atoms with van der Waals surface area (Å²) < 4.78 is 7.14. The van der Waals surface area contributed by atoms with Crippen LogP contribution in [0.25, 0.3) is 5.69 Å². The van der Waals surface area contributed by atoms with E-state index in [-0.39, 0.29) is 11.4 Å². The van der Waals surface area contributed by atoms with Crippen LogP contribution in [0.3, 0.4) is 0 Å². The number of hydrogen-bond donors (Lipinski definition) is 1. The van der Waals surface area contributed by atoms with E-state index in [9.17, 15) is 4.79 Å². The zero-order valence-corrected chi connectivity index (χ0v) is 16.5. The van der Waals surface area contributed by atoms with Gasteiger partial charge in [-0.3, -0.25) is 4.79 Å². The number of benzene rings is 2. The minimum atomic E-state index is -0.236. The molecule has 0 bridgehead atoms. The molecular weight excluding hydrogens is 350 g/mol. The van der Waals surface area contributed by atoms with E-state index in [0.29, 0.717) is 6.42 Å². The minimum absolute atomic E-state index is 0.0344. The molecule has 28 heavy (non-hydrogen) atoms. The van der Waals surface area contributed by atoms with Gasteiger partial charge in [0.2, 0.25) is 5.91 Å². The molecule has 0 saturated heterocycles. The maximum atomic E-state index is 12.8. The van der Waals surface area contributed by atoms with Crippen molar-refractivity contribution >= 4 is 5.91 Å². The molecule has 1 fully saturated rings. The monoisotopic (exact) mass is 375 g/mol. The highest BCUT2D eigenvalue weighted by atomic mass is 16.5. The Kier molecular flexibility index (Phi) is 4.67. The summed E-state index contributed by atoms with van der Waals surface area (Å²) in [4.78, 5) is 12.8. The highest BCUT2D eigenvalue weighted by molar-refractivity contribution is 5.80. The lowest BCUT2D eigenvalue weighted by Crippen LogP contribution is -2.36. The first-order chi connectivity index (χ1) is 13.5. The van der Waals surface area contributed by atoms with Crippen molar-refractivity contribution in [2.75, 3.05) is 7.11 Å². The van der Waals surface area contributed by atoms with Gasteiger partial charge in [0.25, 0.3) is 0 Å². The molecule has 0 unspecified atom stereocenters. The lowest BCUT2D eigenvalue weighted by Gasteiger charge is -2.18. The molecule has 4 rings (SSSR count). The molecule has 5 nitrogen and oxygen atoms in total. The maximum Gasteiger partial charge on any atom is 0.225 e. The summed E-state index contributed by atoms with van der Waals surface area (Å²) in [6, 6.07) is 18.0. The Hall–Kier alpha value is -3.08. The van der Waals surface area contributed by atoms with Gasteiger partial charge in [-0.1, -0.05) is 30.3 Å². The van der Waals surface area contributed by atoms with Crippen molar-refractivity contribution in [2.45, 2.75) is 38.6 Å². The highest BCUT2D eigenvalue weighted by Crippen LogP contribution is 2.45. The third-order valence-corrected chi connectivity index (χ3v) is 5.55. The molecule has 1 saturated carbocycles. The molecule has 1 aliphatic carbocycles. The van der Waals surface area contributed by atoms with E-state index >= 15 is 0 Å². The number of para-hydroxylation sites is 1. The number of carbonyl (C=O) groups is 1. The maximum absolute atomic E-state index is 12.8. The lowest BCUT2D eigenvalue weighted by molar-refractivity contribution is -0.121. The number of hydrogen-bond acceptors (Lipinski definition) is 3. The van der Waals surface area contributed by atoms with Crippen LogP contribution in [0.5, 0.6) is 5.75 Å². The van der Waals surface area contributed by atoms with Crippen LogP contribution in [-0.2, 0) is 16.8 Å². The molecular formula is C23H25N3O2. The van der Waals surface area contributed by atoms with E-state index < -0.39 is 0 Å². The van der Waals surface area contributed by atoms with Crippen LogP contribution in [0.1, 0.15) is 35.4 Å². The predicted molar refractivity (Wildman–Crippen MR) is 109 cm³/mol. The first kappa shape index (κ1) is 18.3. The van der Waals surface area contributed by atoms with Crippen LogP contribution < -0.4 is 10.1 Å². The lowest BCUT2D eigenvalue weighted by atomic mass is 10.0. The SMILES string of the molecule is COc1ccc(C2(NC(=O)Cc3c(C)nn(-c4ccccc4)c3C)CC2)cc1. The number of amides is 1. The van der Waals surface area contributed by atoms with E-state index in [4.69, 9.17) is 4.74 Å². The number of aryl methyl sites for hydroxylation is 1. The molecule has 144 valence electrons. The van der Waals surface area contributed by atoms with Crippen LogP contribution >= 0.6 is 0 Å². The summed E-state index contributed by atoms with van der Waals surface area (Å²) >= 11 is 0. The normalized spacial score (nSPS) is 14.5. The van der Waals surface area contributed by atoms with Crippen molar-refractivity contribution in [2.24, 2.45) is 0 Å². The number of nitrogens with one attached hydrogen (secondary N) is 1. The van der Waals surface area contributed by atoms with Crippen molar-refractivity contribution in [3.63, 3.8) is 0 Å². The number of carbonyl (C=O) groups excluding carboxylic acids is 1. The fourth-order valence-corrected chi connectivity index (χ4v) is 3.74. The molecule has 1 heterocycles. The van der Waals surface area contributed by atoms with Gasteiger partial charge in [-0.2, -0.15) is 5.10 Å². The van der Waals surface area contributed by atoms with Gasteiger partial charge in [0.05, 0.1) is 30.5 Å². The zero-order chi connectivity index (χ0) is 19.7. The van der Waals surface area contributed by atoms with Crippen LogP contribution in [0.15, 0.2) is 54.6 Å². The number of ether oxygens (including phenoxy) is 1. The molecule has 0 atom stereocenters. The van der Waals surface area contributed by atoms with Gasteiger partial charge >= 0.3 is 0 Å². The van der Waals surface area contributed by atoms with E-state index in [1.165, 1.54) is 0 Å². The van der Waals surface area contributed by atoms with Gasteiger partial charge in [-0.05, 0) is 56.5 Å². The fraction of sp³-hybridized carbons (Fsp3) is 0.304. The largest absolute Gasteiger partial charge is 0.497 e. The summed E-state index contributed by atoms with van der Waals surface area (Å²) in [7, 11) is 1.66. The third kappa shape index (κ3) is 3.40. The van der Waals surface area contributed by atoms with E-state index in [1.54, 1.807) is 7.11 Å². The van der Waals surface area contributed by atoms with Gasteiger partial charge in [-0.25, -0.2) is 4.68 Å². The highest BCUT2D eigenvalue weighted by Gasteiger charge is 2.45. The zero-order valence-electron chi connectivity index (χ0n) is 16.5. The van der Waals surface area contributed by atoms with Crippen LogP contribution in [0.4, 0.5) is 0 Å². The third-order valence-electron chi connectivity index (χ3n) is 5.55. The van der Waals surface area contributed by atoms with Gasteiger partial charge < -0.3 is 10.1 Å². The molecule has 0 spiro atoms. The standard InChI is InChI=1S/C23H25N3O2/c1-16-21(17(2)26(25-16)19-7-5-4-6-8-19)15-22(27)24-23(13-14-23)18-9-11-20(28-3)12-10-18/h4-12H,13-15H2,1-3H3,(H,24,27). The number of methoxy groups -OCH3 is 1. The first-order valence-corrected chi connectivity index (χ1v) is 9.58. The Morgan fingerprint density at radius 1 is 1.11 bits per heavy atom. The molecule has 0 aliphatic heterocycles. The Bertz CT molecular complexity index is 987. The average Bonchev–Trinajstić information content (AvgIpc) is 3.45. The van der Waals surface area contributed by atoms with Crippen molar-refractivity contribution in [1.29, 1.82) is 0 Å². The molecule has 1 aliphatic rings. The molecule has 1 aromatic heterocycles. The van der Waals surface area contributed by atoms with Gasteiger partial charge in [0, 0.05) is 11.3 Å². The molecule has 3 aromatic rings. The van der Waals surface area contributed by atoms with Gasteiger partial charge in [0.15, 0.2) is 0 Å². The summed E-state index contributed by atoms with van der Waals surface area (Å²) in [5.74, 6) is 0.859. The smallest absolute Gasteiger partial charge is 0.225 e. The van der Waals surface area contributed by atoms with Crippen LogP contribution in [0, 0.1) is 13.8 Å². The van der Waals surface area contributed by atoms with E-state index in [1.807, 2.05) is 73.1 Å². The fourth-order valence-electron chi connectivity index (χ4n) is 3.74. The van der Waals surface area contributed by atoms with Crippen molar-refractivity contribution < 1.29 is 9.53 Å². The second-order valence-corrected chi connectivity index (χ2v) is 7.43. The predicted octanol–water partition coefficient (Wildman–Crippen LogP) is 3.85. The van der Waals surface area contributed by atoms with E-state index in [2.05, 4.69) is 10.4 Å². The van der Waals surface area contributed by atoms with Gasteiger partial charge in [0.1, 0.15) is 5.75 Å². The molecule has 1 N–H and O–H groups in total. The van der Waals surface area contributed by atoms with Crippen LogP contribution in [0.2, 0.25) is 0 Å². The Labute approximate surface area is 165 Å². The Morgan fingerprint density at radius 3 is 2.39 bits per heavy atom. The number of rotatable bonds is 6. The summed E-state index contributed by atoms with van der Waals surface area (Å²) in [6.07, 6.45) is 2.26. The average molecular weight is 375 g/mol. The minimum Gasteiger partial charge on any atom is -0.497 e. The molecule has 5 heteroatoms. The van der Waals surface area contributed by atoms with Gasteiger partial charge in [-0.15, -0.1) is 0 Å². The molecule has 2 aromatic carbocycles. The summed E-state index contributed by atoms with van der Waals surface area (Å²) in [5, 5.41) is 7.90. The molecule has 1 amide bonds. The van der Waals surface area contributed by atoms with Crippen molar-refractivity contribution in [3.8, 4) is 11.4 Å². The van der Waals surface area contributed by atoms with Crippen molar-refractivity contribution in [1.82, 2.24) is 15.1 Å². The summed E-state index contributed by atoms with van der Waals surface area (Å²) in [6.45, 7) is 3.98. The number of aromatic nitrogens is 2. The summed E-state index contributed by atoms with van der Waals surface area (Å²) in [5.41, 5.74) is 4.80.